The molecule has 1 aliphatic rings. The number of hydrogen-bond acceptors (Lipinski definition) is 4. The third-order valence-electron chi connectivity index (χ3n) is 4.20. The maximum Gasteiger partial charge on any atom is 0.315 e. The van der Waals surface area contributed by atoms with Gasteiger partial charge in [-0.1, -0.05) is 19.3 Å². The summed E-state index contributed by atoms with van der Waals surface area (Å²) in [7, 11) is 0. The lowest BCUT2D eigenvalue weighted by Crippen LogP contribution is -2.43. The number of rotatable bonds is 10. The Bertz CT molecular complexity index is 502. The minimum atomic E-state index is -0.110. The summed E-state index contributed by atoms with van der Waals surface area (Å²) in [5, 5.41) is 8.74. The normalized spacial score (nSPS) is 14.9. The fourth-order valence-corrected chi connectivity index (χ4v) is 3.61. The van der Waals surface area contributed by atoms with Crippen molar-refractivity contribution >= 4 is 23.7 Å². The molecule has 7 heteroatoms. The average Bonchev–Trinajstić information content (AvgIpc) is 3.13. The van der Waals surface area contributed by atoms with Crippen molar-refractivity contribution in [3.63, 3.8) is 0 Å². The van der Waals surface area contributed by atoms with Gasteiger partial charge in [0.1, 0.15) is 5.76 Å². The smallest absolute Gasteiger partial charge is 0.315 e. The van der Waals surface area contributed by atoms with E-state index >= 15 is 0 Å². The van der Waals surface area contributed by atoms with Gasteiger partial charge in [0.2, 0.25) is 5.91 Å². The molecule has 3 N–H and O–H groups in total. The van der Waals surface area contributed by atoms with Crippen LogP contribution in [0.15, 0.2) is 22.8 Å². The first-order valence-electron chi connectivity index (χ1n) is 9.15. The van der Waals surface area contributed by atoms with E-state index in [9.17, 15) is 9.59 Å². The summed E-state index contributed by atoms with van der Waals surface area (Å²) in [5.41, 5.74) is 0. The summed E-state index contributed by atoms with van der Waals surface area (Å²) in [4.78, 5) is 23.5. The van der Waals surface area contributed by atoms with E-state index in [0.29, 0.717) is 32.0 Å². The van der Waals surface area contributed by atoms with Gasteiger partial charge in [0.05, 0.1) is 12.0 Å². The molecule has 140 valence electrons. The molecule has 3 amide bonds. The van der Waals surface area contributed by atoms with Crippen LogP contribution in [0.25, 0.3) is 0 Å². The highest BCUT2D eigenvalue weighted by Crippen LogP contribution is 2.17. The van der Waals surface area contributed by atoms with Gasteiger partial charge in [-0.15, -0.1) is 0 Å². The van der Waals surface area contributed by atoms with E-state index in [-0.39, 0.29) is 11.9 Å². The molecule has 25 heavy (non-hydrogen) atoms. The second-order valence-corrected chi connectivity index (χ2v) is 7.43. The highest BCUT2D eigenvalue weighted by Gasteiger charge is 2.15. The quantitative estimate of drug-likeness (QED) is 0.555. The lowest BCUT2D eigenvalue weighted by atomic mass is 9.96. The largest absolute Gasteiger partial charge is 0.468 e. The van der Waals surface area contributed by atoms with E-state index in [1.165, 1.54) is 19.3 Å². The SMILES string of the molecule is O=C(CCCNC(=O)NC1CCCCC1)NCCSCc1ccco1. The van der Waals surface area contributed by atoms with Crippen molar-refractivity contribution in [2.75, 3.05) is 18.8 Å². The number of urea groups is 1. The fourth-order valence-electron chi connectivity index (χ4n) is 2.85. The third-order valence-corrected chi connectivity index (χ3v) is 5.18. The van der Waals surface area contributed by atoms with Gasteiger partial charge in [0, 0.05) is 31.3 Å². The molecule has 0 atom stereocenters. The molecule has 1 aliphatic carbocycles. The highest BCUT2D eigenvalue weighted by molar-refractivity contribution is 7.98. The maximum atomic E-state index is 11.8. The second-order valence-electron chi connectivity index (χ2n) is 6.32. The number of hydrogen-bond donors (Lipinski definition) is 3. The highest BCUT2D eigenvalue weighted by atomic mass is 32.2. The number of furan rings is 1. The minimum Gasteiger partial charge on any atom is -0.468 e. The zero-order valence-corrected chi connectivity index (χ0v) is 15.5. The van der Waals surface area contributed by atoms with Crippen LogP contribution in [0.2, 0.25) is 0 Å². The van der Waals surface area contributed by atoms with Crippen molar-refractivity contribution in [3.05, 3.63) is 24.2 Å². The van der Waals surface area contributed by atoms with Crippen molar-refractivity contribution in [3.8, 4) is 0 Å². The van der Waals surface area contributed by atoms with Gasteiger partial charge in [-0.2, -0.15) is 11.8 Å². The van der Waals surface area contributed by atoms with Crippen LogP contribution in [-0.2, 0) is 10.5 Å². The van der Waals surface area contributed by atoms with E-state index in [0.717, 1.165) is 30.1 Å². The van der Waals surface area contributed by atoms with Crippen molar-refractivity contribution < 1.29 is 14.0 Å². The van der Waals surface area contributed by atoms with Crippen molar-refractivity contribution in [2.45, 2.75) is 56.7 Å². The first-order valence-corrected chi connectivity index (χ1v) is 10.3. The molecule has 1 saturated carbocycles. The number of carbonyl (C=O) groups excluding carboxylic acids is 2. The van der Waals surface area contributed by atoms with Crippen LogP contribution in [0, 0.1) is 0 Å². The summed E-state index contributed by atoms with van der Waals surface area (Å²) in [6.45, 7) is 1.18. The molecule has 1 aromatic heterocycles. The lowest BCUT2D eigenvalue weighted by Gasteiger charge is -2.22. The molecule has 2 rings (SSSR count). The Kier molecular flexibility index (Phi) is 9.33. The van der Waals surface area contributed by atoms with Crippen molar-refractivity contribution in [1.29, 1.82) is 0 Å². The summed E-state index contributed by atoms with van der Waals surface area (Å²) in [5.74, 6) is 2.67. The molecule has 0 spiro atoms. The van der Waals surface area contributed by atoms with Crippen LogP contribution in [0.4, 0.5) is 4.79 Å². The van der Waals surface area contributed by atoms with Gasteiger partial charge < -0.3 is 20.4 Å². The van der Waals surface area contributed by atoms with Gasteiger partial charge in [-0.25, -0.2) is 4.79 Å². The van der Waals surface area contributed by atoms with E-state index < -0.39 is 0 Å². The molecule has 0 aliphatic heterocycles. The molecule has 1 fully saturated rings. The van der Waals surface area contributed by atoms with Crippen LogP contribution in [0.5, 0.6) is 0 Å². The Morgan fingerprint density at radius 1 is 1.16 bits per heavy atom. The van der Waals surface area contributed by atoms with E-state index in [1.54, 1.807) is 18.0 Å². The Morgan fingerprint density at radius 2 is 2.00 bits per heavy atom. The standard InChI is InChI=1S/C18H29N3O3S/c22-17(19-11-13-25-14-16-8-5-12-24-16)9-4-10-20-18(23)21-15-6-2-1-3-7-15/h5,8,12,15H,1-4,6-7,9-11,13-14H2,(H,19,22)(H2,20,21,23). The van der Waals surface area contributed by atoms with Crippen LogP contribution < -0.4 is 16.0 Å². The predicted molar refractivity (Wildman–Crippen MR) is 101 cm³/mol. The van der Waals surface area contributed by atoms with Crippen LogP contribution in [-0.4, -0.2) is 36.8 Å². The van der Waals surface area contributed by atoms with Crippen LogP contribution in [0.1, 0.15) is 50.7 Å². The van der Waals surface area contributed by atoms with Gasteiger partial charge >= 0.3 is 6.03 Å². The third kappa shape index (κ3) is 8.86. The number of nitrogens with one attached hydrogen (secondary N) is 3. The Labute approximate surface area is 153 Å². The molecule has 1 heterocycles. The summed E-state index contributed by atoms with van der Waals surface area (Å²) >= 11 is 1.73. The minimum absolute atomic E-state index is 0.0353. The fraction of sp³-hybridized carbons (Fsp3) is 0.667. The molecule has 0 unspecified atom stereocenters. The topological polar surface area (TPSA) is 83.4 Å². The van der Waals surface area contributed by atoms with E-state index in [4.69, 9.17) is 4.42 Å². The number of carbonyl (C=O) groups is 2. The first kappa shape index (κ1) is 19.7. The average molecular weight is 368 g/mol. The molecule has 6 nitrogen and oxygen atoms in total. The molecule has 0 radical (unpaired) electrons. The van der Waals surface area contributed by atoms with Crippen LogP contribution in [0.3, 0.4) is 0 Å². The molecule has 0 bridgehead atoms. The zero-order valence-electron chi connectivity index (χ0n) is 14.7. The zero-order chi connectivity index (χ0) is 17.7. The van der Waals surface area contributed by atoms with Crippen molar-refractivity contribution in [1.82, 2.24) is 16.0 Å². The molecule has 1 aromatic rings. The predicted octanol–water partition coefficient (Wildman–Crippen LogP) is 3.04. The van der Waals surface area contributed by atoms with Gasteiger partial charge in [-0.3, -0.25) is 4.79 Å². The lowest BCUT2D eigenvalue weighted by molar-refractivity contribution is -0.121. The van der Waals surface area contributed by atoms with Crippen molar-refractivity contribution in [2.24, 2.45) is 0 Å². The molecule has 0 saturated heterocycles. The molecular weight excluding hydrogens is 338 g/mol. The Morgan fingerprint density at radius 3 is 2.76 bits per heavy atom. The maximum absolute atomic E-state index is 11.8. The van der Waals surface area contributed by atoms with Gasteiger partial charge in [-0.05, 0) is 31.4 Å². The number of amides is 3. The monoisotopic (exact) mass is 367 g/mol. The molecular formula is C18H29N3O3S. The second kappa shape index (κ2) is 11.8. The Balaban J connectivity index is 1.40. The van der Waals surface area contributed by atoms with Crippen LogP contribution >= 0.6 is 11.8 Å². The summed E-state index contributed by atoms with van der Waals surface area (Å²) in [6.07, 6.45) is 8.59. The summed E-state index contributed by atoms with van der Waals surface area (Å²) < 4.78 is 5.25. The molecule has 0 aromatic carbocycles. The van der Waals surface area contributed by atoms with E-state index in [1.807, 2.05) is 12.1 Å². The first-order chi connectivity index (χ1) is 12.2. The van der Waals surface area contributed by atoms with Gasteiger partial charge in [0.25, 0.3) is 0 Å². The number of thioether (sulfide) groups is 1. The summed E-state index contributed by atoms with van der Waals surface area (Å²) in [6, 6.07) is 4.03. The Hall–Kier alpha value is -1.63. The van der Waals surface area contributed by atoms with Gasteiger partial charge in [0.15, 0.2) is 0 Å². The van der Waals surface area contributed by atoms with E-state index in [2.05, 4.69) is 16.0 Å².